The van der Waals surface area contributed by atoms with Crippen molar-refractivity contribution >= 4 is 24.0 Å². The van der Waals surface area contributed by atoms with Crippen molar-refractivity contribution in [3.8, 4) is 0 Å². The first-order valence-electron chi connectivity index (χ1n) is 9.28. The SMILES string of the molecule is CCO[P@@](=O)(c1ccc(N(C)C)cc1)[C@H](Nc1ccccc1)c1cccnc1. The molecule has 0 spiro atoms. The van der Waals surface area contributed by atoms with Crippen LogP contribution < -0.4 is 15.5 Å². The molecule has 1 N–H and O–H groups in total. The van der Waals surface area contributed by atoms with Gasteiger partial charge in [-0.3, -0.25) is 9.55 Å². The minimum absolute atomic E-state index is 0.347. The molecule has 0 bridgehead atoms. The van der Waals surface area contributed by atoms with E-state index in [9.17, 15) is 4.57 Å². The summed E-state index contributed by atoms with van der Waals surface area (Å²) in [5.41, 5.74) is 2.74. The normalized spacial score (nSPS) is 14.1. The molecular formula is C22H26N3O2P. The van der Waals surface area contributed by atoms with Gasteiger partial charge in [-0.15, -0.1) is 0 Å². The van der Waals surface area contributed by atoms with E-state index in [0.29, 0.717) is 11.9 Å². The number of rotatable bonds is 8. The van der Waals surface area contributed by atoms with Crippen molar-refractivity contribution in [1.82, 2.24) is 4.98 Å². The van der Waals surface area contributed by atoms with Crippen LogP contribution in [0.2, 0.25) is 0 Å². The molecule has 0 amide bonds. The molecule has 0 aliphatic heterocycles. The van der Waals surface area contributed by atoms with Crippen molar-refractivity contribution in [1.29, 1.82) is 0 Å². The lowest BCUT2D eigenvalue weighted by Gasteiger charge is -2.29. The maximum atomic E-state index is 14.3. The van der Waals surface area contributed by atoms with Crippen LogP contribution in [0.25, 0.3) is 0 Å². The monoisotopic (exact) mass is 395 g/mol. The molecule has 0 unspecified atom stereocenters. The van der Waals surface area contributed by atoms with E-state index in [1.54, 1.807) is 12.4 Å². The quantitative estimate of drug-likeness (QED) is 0.550. The van der Waals surface area contributed by atoms with Crippen LogP contribution in [0.15, 0.2) is 79.1 Å². The van der Waals surface area contributed by atoms with Crippen LogP contribution in [0.5, 0.6) is 0 Å². The third-order valence-electron chi connectivity index (χ3n) is 4.46. The average molecular weight is 395 g/mol. The summed E-state index contributed by atoms with van der Waals surface area (Å²) >= 11 is 0. The summed E-state index contributed by atoms with van der Waals surface area (Å²) in [6.45, 7) is 2.21. The van der Waals surface area contributed by atoms with Gasteiger partial charge in [0, 0.05) is 48.7 Å². The minimum atomic E-state index is -3.29. The smallest absolute Gasteiger partial charge is 0.258 e. The van der Waals surface area contributed by atoms with Crippen molar-refractivity contribution in [3.63, 3.8) is 0 Å². The van der Waals surface area contributed by atoms with E-state index in [0.717, 1.165) is 16.9 Å². The summed E-state index contributed by atoms with van der Waals surface area (Å²) in [5, 5.41) is 4.10. The molecule has 0 radical (unpaired) electrons. The van der Waals surface area contributed by atoms with Gasteiger partial charge in [0.15, 0.2) is 0 Å². The number of pyridine rings is 1. The van der Waals surface area contributed by atoms with Crippen molar-refractivity contribution in [2.75, 3.05) is 30.9 Å². The molecule has 3 aromatic rings. The molecule has 146 valence electrons. The second kappa shape index (κ2) is 9.05. The van der Waals surface area contributed by atoms with Gasteiger partial charge in [0.05, 0.1) is 6.61 Å². The molecule has 5 nitrogen and oxygen atoms in total. The Balaban J connectivity index is 2.08. The van der Waals surface area contributed by atoms with Crippen LogP contribution in [0, 0.1) is 0 Å². The summed E-state index contributed by atoms with van der Waals surface area (Å²) in [4.78, 5) is 6.24. The van der Waals surface area contributed by atoms with Gasteiger partial charge in [0.2, 0.25) is 0 Å². The fourth-order valence-electron chi connectivity index (χ4n) is 3.04. The molecule has 1 heterocycles. The Bertz CT molecular complexity index is 916. The Morgan fingerprint density at radius 1 is 1.04 bits per heavy atom. The molecule has 0 aliphatic carbocycles. The largest absolute Gasteiger partial charge is 0.378 e. The third kappa shape index (κ3) is 4.44. The number of anilines is 2. The lowest BCUT2D eigenvalue weighted by molar-refractivity contribution is 0.335. The van der Waals surface area contributed by atoms with Gasteiger partial charge < -0.3 is 14.7 Å². The minimum Gasteiger partial charge on any atom is -0.378 e. The van der Waals surface area contributed by atoms with E-state index in [1.807, 2.05) is 92.6 Å². The van der Waals surface area contributed by atoms with Crippen LogP contribution in [0.4, 0.5) is 11.4 Å². The number of hydrogen-bond acceptors (Lipinski definition) is 5. The molecule has 0 fully saturated rings. The Kier molecular flexibility index (Phi) is 6.50. The molecule has 0 saturated heterocycles. The maximum Gasteiger partial charge on any atom is 0.258 e. The maximum absolute atomic E-state index is 14.3. The van der Waals surface area contributed by atoms with Crippen LogP contribution in [-0.2, 0) is 9.09 Å². The van der Waals surface area contributed by atoms with E-state index in [-0.39, 0.29) is 0 Å². The van der Waals surface area contributed by atoms with Gasteiger partial charge >= 0.3 is 0 Å². The Labute approximate surface area is 166 Å². The number of nitrogens with one attached hydrogen (secondary N) is 1. The Morgan fingerprint density at radius 2 is 1.75 bits per heavy atom. The fraction of sp³-hybridized carbons (Fsp3) is 0.227. The van der Waals surface area contributed by atoms with Crippen molar-refractivity contribution in [3.05, 3.63) is 84.7 Å². The first-order chi connectivity index (χ1) is 13.5. The van der Waals surface area contributed by atoms with Crippen molar-refractivity contribution in [2.45, 2.75) is 12.7 Å². The predicted molar refractivity (Wildman–Crippen MR) is 117 cm³/mol. The highest BCUT2D eigenvalue weighted by Crippen LogP contribution is 2.58. The molecule has 0 aliphatic rings. The molecule has 28 heavy (non-hydrogen) atoms. The third-order valence-corrected chi connectivity index (χ3v) is 7.23. The molecule has 2 aromatic carbocycles. The summed E-state index contributed by atoms with van der Waals surface area (Å²) < 4.78 is 20.2. The summed E-state index contributed by atoms with van der Waals surface area (Å²) in [6, 6.07) is 21.2. The zero-order valence-corrected chi connectivity index (χ0v) is 17.3. The van der Waals surface area contributed by atoms with E-state index in [4.69, 9.17) is 4.52 Å². The van der Waals surface area contributed by atoms with E-state index in [1.165, 1.54) is 0 Å². The lowest BCUT2D eigenvalue weighted by atomic mass is 10.2. The second-order valence-electron chi connectivity index (χ2n) is 6.62. The second-order valence-corrected chi connectivity index (χ2v) is 9.11. The van der Waals surface area contributed by atoms with Crippen LogP contribution >= 0.6 is 7.37 Å². The van der Waals surface area contributed by atoms with E-state index < -0.39 is 13.2 Å². The highest BCUT2D eigenvalue weighted by molar-refractivity contribution is 7.67. The topological polar surface area (TPSA) is 54.5 Å². The predicted octanol–water partition coefficient (Wildman–Crippen LogP) is 4.90. The molecule has 2 atom stereocenters. The highest BCUT2D eigenvalue weighted by Gasteiger charge is 2.37. The Hall–Kier alpha value is -2.62. The summed E-state index contributed by atoms with van der Waals surface area (Å²) in [7, 11) is 0.669. The fourth-order valence-corrected chi connectivity index (χ4v) is 5.45. The first-order valence-corrected chi connectivity index (χ1v) is 11.0. The molecule has 0 saturated carbocycles. The number of hydrogen-bond donors (Lipinski definition) is 1. The van der Waals surface area contributed by atoms with Gasteiger partial charge in [0.1, 0.15) is 5.78 Å². The zero-order chi connectivity index (χ0) is 20.0. The van der Waals surface area contributed by atoms with E-state index >= 15 is 0 Å². The highest BCUT2D eigenvalue weighted by atomic mass is 31.2. The average Bonchev–Trinajstić information content (AvgIpc) is 2.73. The van der Waals surface area contributed by atoms with Gasteiger partial charge in [-0.1, -0.05) is 24.3 Å². The summed E-state index contributed by atoms with van der Waals surface area (Å²) in [6.07, 6.45) is 3.45. The van der Waals surface area contributed by atoms with Crippen LogP contribution in [0.1, 0.15) is 18.3 Å². The van der Waals surface area contributed by atoms with Crippen LogP contribution in [0.3, 0.4) is 0 Å². The summed E-state index contributed by atoms with van der Waals surface area (Å²) in [5.74, 6) is -0.547. The number of aromatic nitrogens is 1. The molecule has 1 aromatic heterocycles. The van der Waals surface area contributed by atoms with Gasteiger partial charge in [-0.2, -0.15) is 0 Å². The van der Waals surface area contributed by atoms with Crippen LogP contribution in [-0.4, -0.2) is 25.7 Å². The van der Waals surface area contributed by atoms with Crippen molar-refractivity contribution in [2.24, 2.45) is 0 Å². The van der Waals surface area contributed by atoms with Gasteiger partial charge in [-0.25, -0.2) is 0 Å². The number of benzene rings is 2. The number of para-hydroxylation sites is 1. The molecular weight excluding hydrogens is 369 g/mol. The number of nitrogens with zero attached hydrogens (tertiary/aromatic N) is 2. The zero-order valence-electron chi connectivity index (χ0n) is 16.4. The molecule has 3 rings (SSSR count). The Morgan fingerprint density at radius 3 is 2.32 bits per heavy atom. The van der Waals surface area contributed by atoms with E-state index in [2.05, 4.69) is 10.3 Å². The van der Waals surface area contributed by atoms with Gasteiger partial charge in [-0.05, 0) is 49.4 Å². The standard InChI is InChI=1S/C22H26N3O2P/c1-4-27-28(26,21-14-12-20(13-15-21)25(2)3)22(18-9-8-16-23-17-18)24-19-10-6-5-7-11-19/h5-17,22,24H,4H2,1-3H3/t22-,28-/m0/s1. The molecule has 6 heteroatoms. The van der Waals surface area contributed by atoms with Crippen molar-refractivity contribution < 1.29 is 9.09 Å². The van der Waals surface area contributed by atoms with Gasteiger partial charge in [0.25, 0.3) is 7.37 Å². The lowest BCUT2D eigenvalue weighted by Crippen LogP contribution is -2.21. The first kappa shape index (κ1) is 20.1.